The topological polar surface area (TPSA) is 361 Å². The third-order valence-corrected chi connectivity index (χ3v) is 8.86. The van der Waals surface area contributed by atoms with Crippen LogP contribution in [-0.2, 0) is 64.2 Å². The molecule has 0 unspecified atom stereocenters. The zero-order valence-corrected chi connectivity index (χ0v) is 52.6. The van der Waals surface area contributed by atoms with Gasteiger partial charge in [-0.15, -0.1) is 0 Å². The van der Waals surface area contributed by atoms with Gasteiger partial charge in [0.2, 0.25) is 0 Å². The minimum atomic E-state index is -0.932. The predicted molar refractivity (Wildman–Crippen MR) is 268 cm³/mol. The number of hydrogen-bond acceptors (Lipinski definition) is 18. The Hall–Kier alpha value is -3.20. The van der Waals surface area contributed by atoms with E-state index in [-0.39, 0.29) is 105 Å². The van der Waals surface area contributed by atoms with Crippen molar-refractivity contribution in [1.82, 2.24) is 0 Å². The Morgan fingerprint density at radius 3 is 0.297 bits per heavy atom. The monoisotopic (exact) mass is 1340 g/mol. The van der Waals surface area contributed by atoms with Crippen LogP contribution in [0.2, 0.25) is 0 Å². The second-order valence-corrected chi connectivity index (χ2v) is 16.5. The number of rotatable bonds is 36. The van der Waals surface area contributed by atoms with Gasteiger partial charge < -0.3 is 89.1 Å². The van der Waals surface area contributed by atoms with E-state index >= 15 is 0 Å². The minimum Gasteiger partial charge on any atom is -0.550 e. The molecule has 0 aromatic rings. The van der Waals surface area contributed by atoms with Crippen molar-refractivity contribution >= 4 is 79.9 Å². The van der Waals surface area contributed by atoms with Crippen LogP contribution in [0.1, 0.15) is 293 Å². The molecule has 0 aliphatic heterocycles. The third kappa shape index (κ3) is 181. The van der Waals surface area contributed by atoms with Crippen molar-refractivity contribution in [3.8, 4) is 0 Å². The summed E-state index contributed by atoms with van der Waals surface area (Å²) in [5.74, 6) is -8.39. The van der Waals surface area contributed by atoms with Crippen LogP contribution in [0.15, 0.2) is 0 Å². The summed E-state index contributed by atoms with van der Waals surface area (Å²) in [4.78, 5) is 87.9. The Kier molecular flexibility index (Phi) is 120. The molecule has 0 aliphatic rings. The van der Waals surface area contributed by atoms with E-state index in [0.717, 1.165) is 173 Å². The summed E-state index contributed by atoms with van der Waals surface area (Å²) in [5.41, 5.74) is 0. The molecule has 0 rings (SSSR count). The van der Waals surface area contributed by atoms with Gasteiger partial charge in [0.1, 0.15) is 0 Å². The first-order chi connectivity index (χ1) is 33.9. The van der Waals surface area contributed by atoms with Crippen molar-refractivity contribution < 1.29 is 110 Å². The predicted octanol–water partition coefficient (Wildman–Crippen LogP) is 2.47. The molecule has 440 valence electrons. The van der Waals surface area contributed by atoms with Gasteiger partial charge in [-0.25, -0.2) is 0 Å². The van der Waals surface area contributed by atoms with Gasteiger partial charge >= 0.3 is 26.2 Å². The fourth-order valence-electron chi connectivity index (χ4n) is 4.67. The van der Waals surface area contributed by atoms with E-state index in [1.54, 1.807) is 0 Å². The van der Waals surface area contributed by atoms with Gasteiger partial charge in [-0.2, -0.15) is 0 Å². The standard InChI is InChI=1S/9C6H12O2.Bi.Mo/c9*1-2-3-4-5-6(7)8;;/h9*2-5H2,1H3,(H,7,8);;/q;;;;;;;;;+3;/p-9. The first-order valence-corrected chi connectivity index (χ1v) is 26.7. The molecule has 0 atom stereocenters. The van der Waals surface area contributed by atoms with Crippen molar-refractivity contribution in [3.63, 3.8) is 0 Å². The number of aliphatic carboxylic acids is 9. The van der Waals surface area contributed by atoms with Crippen molar-refractivity contribution in [1.29, 1.82) is 0 Å². The maximum atomic E-state index is 9.76. The van der Waals surface area contributed by atoms with E-state index in [9.17, 15) is 89.1 Å². The fourth-order valence-corrected chi connectivity index (χ4v) is 4.67. The van der Waals surface area contributed by atoms with Crippen LogP contribution in [0.3, 0.4) is 0 Å². The van der Waals surface area contributed by atoms with E-state index in [1.807, 2.05) is 62.3 Å². The van der Waals surface area contributed by atoms with E-state index in [0.29, 0.717) is 0 Å². The quantitative estimate of drug-likeness (QED) is 0.0642. The summed E-state index contributed by atoms with van der Waals surface area (Å²) in [6.45, 7) is 18.3. The smallest absolute Gasteiger partial charge is 0.550 e. The molecule has 0 bridgehead atoms. The van der Waals surface area contributed by atoms with Gasteiger partial charge in [-0.3, -0.25) is 0 Å². The average molecular weight is 1340 g/mol. The number of carboxylic acid groups (broad SMARTS) is 9. The Labute approximate surface area is 480 Å². The SMILES string of the molecule is CCCCCC(=O)[O-].CCCCCC(=O)[O-].CCCCCC(=O)[O-].CCCCCC(=O)[O-].CCCCCC(=O)[O-].CCCCCC(=O)[O-].CCCCCC(=O)[O-].CCCCCC(=O)[O-].CCCCCC(=O)[O-].[Bi+3].[Mo]. The van der Waals surface area contributed by atoms with Crippen molar-refractivity contribution in [2.45, 2.75) is 293 Å². The number of carbonyl (C=O) groups excluding carboxylic acids is 9. The summed E-state index contributed by atoms with van der Waals surface area (Å²) in [6.07, 6.45) is 27.3. The molecule has 0 aromatic heterocycles. The Bertz CT molecular complexity index is 921. The molecule has 0 spiro atoms. The van der Waals surface area contributed by atoms with Gasteiger partial charge in [0.25, 0.3) is 0 Å². The molecule has 0 amide bonds. The molecule has 2 radical (unpaired) electrons. The second-order valence-electron chi connectivity index (χ2n) is 16.5. The summed E-state index contributed by atoms with van der Waals surface area (Å²) in [6, 6.07) is 0. The first kappa shape index (κ1) is 96.5. The van der Waals surface area contributed by atoms with Crippen LogP contribution in [0.4, 0.5) is 0 Å². The zero-order valence-electron chi connectivity index (χ0n) is 47.2. The molecular formula is C54H99BiMoO18-6. The molecule has 0 saturated heterocycles. The second kappa shape index (κ2) is 92.4. The molecule has 0 fully saturated rings. The maximum absolute atomic E-state index is 9.76. The zero-order chi connectivity index (χ0) is 57.7. The maximum Gasteiger partial charge on any atom is 3.00 e. The number of carbonyl (C=O) groups is 9. The summed E-state index contributed by atoms with van der Waals surface area (Å²) < 4.78 is 0. The van der Waals surface area contributed by atoms with E-state index < -0.39 is 53.7 Å². The van der Waals surface area contributed by atoms with E-state index in [1.165, 1.54) is 0 Å². The van der Waals surface area contributed by atoms with Crippen LogP contribution in [0.25, 0.3) is 0 Å². The van der Waals surface area contributed by atoms with Gasteiger partial charge in [-0.1, -0.05) is 178 Å². The Morgan fingerprint density at radius 1 is 0.189 bits per heavy atom. The molecule has 18 nitrogen and oxygen atoms in total. The Balaban J connectivity index is -0.0000000668. The van der Waals surface area contributed by atoms with Crippen molar-refractivity contribution in [3.05, 3.63) is 0 Å². The van der Waals surface area contributed by atoms with Crippen LogP contribution in [0.5, 0.6) is 0 Å². The molecular weight excluding hydrogens is 1240 g/mol. The largest absolute Gasteiger partial charge is 3.00 e. The first-order valence-electron chi connectivity index (χ1n) is 26.7. The average Bonchev–Trinajstić information content (AvgIpc) is 3.28. The molecule has 0 aromatic carbocycles. The van der Waals surface area contributed by atoms with Crippen LogP contribution >= 0.6 is 0 Å². The number of hydrogen-bond donors (Lipinski definition) is 0. The van der Waals surface area contributed by atoms with Crippen LogP contribution < -0.4 is 46.0 Å². The fraction of sp³-hybridized carbons (Fsp3) is 0.833. The van der Waals surface area contributed by atoms with E-state index in [2.05, 4.69) is 0 Å². The molecule has 74 heavy (non-hydrogen) atoms. The van der Waals surface area contributed by atoms with Crippen molar-refractivity contribution in [2.24, 2.45) is 0 Å². The van der Waals surface area contributed by atoms with Gasteiger partial charge in [-0.05, 0) is 116 Å². The summed E-state index contributed by atoms with van der Waals surface area (Å²) in [7, 11) is 0. The number of carboxylic acids is 9. The summed E-state index contributed by atoms with van der Waals surface area (Å²) >= 11 is 0. The van der Waals surface area contributed by atoms with Crippen LogP contribution in [0, 0.1) is 0 Å². The van der Waals surface area contributed by atoms with Gasteiger partial charge in [0.15, 0.2) is 0 Å². The number of unbranched alkanes of at least 4 members (excludes halogenated alkanes) is 18. The van der Waals surface area contributed by atoms with Crippen LogP contribution in [-0.4, -0.2) is 79.9 Å². The summed E-state index contributed by atoms with van der Waals surface area (Å²) in [5, 5.41) is 87.9. The molecule has 0 heterocycles. The molecule has 20 heteroatoms. The normalized spacial score (nSPS) is 8.88. The molecule has 0 aliphatic carbocycles. The minimum absolute atomic E-state index is 0. The Morgan fingerprint density at radius 2 is 0.257 bits per heavy atom. The van der Waals surface area contributed by atoms with Gasteiger partial charge in [0, 0.05) is 74.8 Å². The molecule has 0 N–H and O–H groups in total. The van der Waals surface area contributed by atoms with E-state index in [4.69, 9.17) is 0 Å². The molecule has 0 saturated carbocycles. The van der Waals surface area contributed by atoms with Crippen molar-refractivity contribution in [2.75, 3.05) is 0 Å². The third-order valence-electron chi connectivity index (χ3n) is 8.86. The van der Waals surface area contributed by atoms with Gasteiger partial charge in [0.05, 0.1) is 0 Å².